The minimum atomic E-state index is 0.0258. The van der Waals surface area contributed by atoms with Crippen molar-refractivity contribution < 1.29 is 0 Å². The number of aromatic nitrogens is 6. The van der Waals surface area contributed by atoms with E-state index in [1.54, 1.807) is 10.9 Å². The quantitative estimate of drug-likeness (QED) is 0.441. The number of hydrogen-bond donors (Lipinski definition) is 0. The smallest absolute Gasteiger partial charge is 0.261 e. The summed E-state index contributed by atoms with van der Waals surface area (Å²) in [5, 5.41) is 5.45. The van der Waals surface area contributed by atoms with E-state index in [0.29, 0.717) is 11.9 Å². The van der Waals surface area contributed by atoms with E-state index in [-0.39, 0.29) is 11.6 Å². The number of fused-ring (bicyclic) bond motifs is 2. The molecule has 4 aromatic rings. The van der Waals surface area contributed by atoms with Crippen LogP contribution in [-0.2, 0) is 19.5 Å². The van der Waals surface area contributed by atoms with Crippen LogP contribution in [0.3, 0.4) is 0 Å². The first kappa shape index (κ1) is 21.3. The van der Waals surface area contributed by atoms with Gasteiger partial charge in [0.1, 0.15) is 17.2 Å². The minimum absolute atomic E-state index is 0.0258. The predicted molar refractivity (Wildman–Crippen MR) is 133 cm³/mol. The monoisotopic (exact) mass is 457 g/mol. The van der Waals surface area contributed by atoms with Crippen molar-refractivity contribution in [3.63, 3.8) is 0 Å². The molecular weight excluding hydrogens is 426 g/mol. The third kappa shape index (κ3) is 3.66. The van der Waals surface area contributed by atoms with Gasteiger partial charge in [-0.3, -0.25) is 14.0 Å². The van der Waals surface area contributed by atoms with Crippen LogP contribution in [0.4, 0.5) is 0 Å². The Labute approximate surface area is 198 Å². The number of rotatable bonds is 6. The number of benzene rings is 1. The Balaban J connectivity index is 1.42. The van der Waals surface area contributed by atoms with Crippen molar-refractivity contribution in [1.29, 1.82) is 0 Å². The van der Waals surface area contributed by atoms with Crippen LogP contribution < -0.4 is 5.56 Å². The Hall–Kier alpha value is -3.26. The Morgan fingerprint density at radius 1 is 1.03 bits per heavy atom. The molecule has 34 heavy (non-hydrogen) atoms. The van der Waals surface area contributed by atoms with Crippen LogP contribution in [0, 0.1) is 0 Å². The SMILES string of the molecule is CC(C)n1ccc(-c2nc3n(c2-c2ccc4ncn(CCN5CCCC5)c(=O)c4c2)CCC3)n1. The summed E-state index contributed by atoms with van der Waals surface area (Å²) in [5.74, 6) is 1.10. The normalized spacial score (nSPS) is 16.2. The molecule has 0 radical (unpaired) electrons. The molecule has 3 aromatic heterocycles. The molecule has 176 valence electrons. The van der Waals surface area contributed by atoms with Crippen LogP contribution in [0.2, 0.25) is 0 Å². The summed E-state index contributed by atoms with van der Waals surface area (Å²) in [6, 6.07) is 8.35. The molecular formula is C26H31N7O. The molecule has 2 aliphatic heterocycles. The van der Waals surface area contributed by atoms with Crippen molar-refractivity contribution >= 4 is 10.9 Å². The first-order chi connectivity index (χ1) is 16.6. The second-order valence-corrected chi connectivity index (χ2v) is 9.78. The van der Waals surface area contributed by atoms with Crippen molar-refractivity contribution in [2.45, 2.75) is 58.7 Å². The molecule has 1 saturated heterocycles. The van der Waals surface area contributed by atoms with Crippen LogP contribution >= 0.6 is 0 Å². The maximum Gasteiger partial charge on any atom is 0.261 e. The molecule has 0 atom stereocenters. The lowest BCUT2D eigenvalue weighted by Gasteiger charge is -2.15. The van der Waals surface area contributed by atoms with E-state index >= 15 is 0 Å². The number of nitrogens with zero attached hydrogens (tertiary/aromatic N) is 7. The molecule has 0 bridgehead atoms. The fraction of sp³-hybridized carbons (Fsp3) is 0.462. The fourth-order valence-corrected chi connectivity index (χ4v) is 5.27. The molecule has 0 unspecified atom stereocenters. The van der Waals surface area contributed by atoms with Gasteiger partial charge in [0.15, 0.2) is 0 Å². The van der Waals surface area contributed by atoms with Gasteiger partial charge in [0.2, 0.25) is 0 Å². The van der Waals surface area contributed by atoms with Gasteiger partial charge in [-0.1, -0.05) is 6.07 Å². The van der Waals surface area contributed by atoms with Crippen molar-refractivity contribution in [2.75, 3.05) is 19.6 Å². The van der Waals surface area contributed by atoms with Gasteiger partial charge in [-0.05, 0) is 64.4 Å². The summed E-state index contributed by atoms with van der Waals surface area (Å²) >= 11 is 0. The standard InChI is InChI=1S/C26H31N7O/c1-18(2)33-13-9-22(29-33)24-25(32-12-5-6-23(32)28-24)19-7-8-21-20(16-19)26(34)31(17-27-21)15-14-30-10-3-4-11-30/h7-9,13,16-18H,3-6,10-12,14-15H2,1-2H3. The van der Waals surface area contributed by atoms with Gasteiger partial charge in [0.05, 0.1) is 22.9 Å². The third-order valence-corrected chi connectivity index (χ3v) is 7.16. The molecule has 0 N–H and O–H groups in total. The van der Waals surface area contributed by atoms with E-state index in [0.717, 1.165) is 73.0 Å². The third-order valence-electron chi connectivity index (χ3n) is 7.16. The maximum absolute atomic E-state index is 13.4. The summed E-state index contributed by atoms with van der Waals surface area (Å²) in [6.45, 7) is 9.00. The molecule has 0 saturated carbocycles. The van der Waals surface area contributed by atoms with Gasteiger partial charge in [-0.15, -0.1) is 0 Å². The Morgan fingerprint density at radius 2 is 1.88 bits per heavy atom. The molecule has 6 rings (SSSR count). The topological polar surface area (TPSA) is 73.8 Å². The van der Waals surface area contributed by atoms with Gasteiger partial charge < -0.3 is 9.47 Å². The van der Waals surface area contributed by atoms with E-state index in [4.69, 9.17) is 10.1 Å². The largest absolute Gasteiger partial charge is 0.327 e. The molecule has 2 aliphatic rings. The highest BCUT2D eigenvalue weighted by Gasteiger charge is 2.25. The average Bonchev–Trinajstić information content (AvgIpc) is 3.63. The first-order valence-corrected chi connectivity index (χ1v) is 12.5. The van der Waals surface area contributed by atoms with Crippen LogP contribution in [0.25, 0.3) is 33.5 Å². The first-order valence-electron chi connectivity index (χ1n) is 12.5. The van der Waals surface area contributed by atoms with Crippen molar-refractivity contribution in [2.24, 2.45) is 0 Å². The highest BCUT2D eigenvalue weighted by atomic mass is 16.1. The second-order valence-electron chi connectivity index (χ2n) is 9.78. The van der Waals surface area contributed by atoms with E-state index in [9.17, 15) is 4.79 Å². The lowest BCUT2D eigenvalue weighted by atomic mass is 10.1. The Kier molecular flexibility index (Phi) is 5.32. The summed E-state index contributed by atoms with van der Waals surface area (Å²) in [5.41, 5.74) is 4.58. The number of hydrogen-bond acceptors (Lipinski definition) is 5. The van der Waals surface area contributed by atoms with Crippen molar-refractivity contribution in [3.05, 3.63) is 53.0 Å². The number of likely N-dealkylation sites (tertiary alicyclic amines) is 1. The van der Waals surface area contributed by atoms with E-state index in [1.165, 1.54) is 12.8 Å². The Morgan fingerprint density at radius 3 is 2.68 bits per heavy atom. The van der Waals surface area contributed by atoms with Gasteiger partial charge in [0, 0.05) is 43.9 Å². The molecule has 8 nitrogen and oxygen atoms in total. The van der Waals surface area contributed by atoms with Gasteiger partial charge >= 0.3 is 0 Å². The van der Waals surface area contributed by atoms with Gasteiger partial charge in [-0.2, -0.15) is 5.10 Å². The lowest BCUT2D eigenvalue weighted by molar-refractivity contribution is 0.320. The maximum atomic E-state index is 13.4. The van der Waals surface area contributed by atoms with Gasteiger partial charge in [0.25, 0.3) is 5.56 Å². The Bertz CT molecular complexity index is 1400. The summed E-state index contributed by atoms with van der Waals surface area (Å²) in [7, 11) is 0. The molecule has 1 aromatic carbocycles. The highest BCUT2D eigenvalue weighted by molar-refractivity contribution is 5.86. The van der Waals surface area contributed by atoms with E-state index in [1.807, 2.05) is 29.1 Å². The molecule has 0 spiro atoms. The fourth-order valence-electron chi connectivity index (χ4n) is 5.27. The van der Waals surface area contributed by atoms with Crippen molar-refractivity contribution in [3.8, 4) is 22.6 Å². The zero-order valence-corrected chi connectivity index (χ0v) is 19.9. The van der Waals surface area contributed by atoms with E-state index in [2.05, 4.69) is 34.4 Å². The average molecular weight is 458 g/mol. The zero-order chi connectivity index (χ0) is 23.2. The highest BCUT2D eigenvalue weighted by Crippen LogP contribution is 2.35. The summed E-state index contributed by atoms with van der Waals surface area (Å²) < 4.78 is 6.02. The molecule has 1 fully saturated rings. The van der Waals surface area contributed by atoms with Crippen LogP contribution in [0.1, 0.15) is 45.0 Å². The zero-order valence-electron chi connectivity index (χ0n) is 19.9. The predicted octanol–water partition coefficient (Wildman–Crippen LogP) is 3.75. The van der Waals surface area contributed by atoms with Crippen LogP contribution in [0.15, 0.2) is 41.6 Å². The minimum Gasteiger partial charge on any atom is -0.327 e. The lowest BCUT2D eigenvalue weighted by Crippen LogP contribution is -2.29. The van der Waals surface area contributed by atoms with Gasteiger partial charge in [-0.25, -0.2) is 9.97 Å². The molecule has 8 heteroatoms. The van der Waals surface area contributed by atoms with E-state index < -0.39 is 0 Å². The van der Waals surface area contributed by atoms with Crippen LogP contribution in [0.5, 0.6) is 0 Å². The summed E-state index contributed by atoms with van der Waals surface area (Å²) in [6.07, 6.45) is 8.27. The summed E-state index contributed by atoms with van der Waals surface area (Å²) in [4.78, 5) is 25.4. The molecule has 5 heterocycles. The molecule has 0 amide bonds. The number of aryl methyl sites for hydroxylation is 1. The number of imidazole rings is 1. The van der Waals surface area contributed by atoms with Crippen LogP contribution in [-0.4, -0.2) is 53.4 Å². The second kappa shape index (κ2) is 8.51. The molecule has 0 aliphatic carbocycles. The van der Waals surface area contributed by atoms with Crippen molar-refractivity contribution in [1.82, 2.24) is 33.8 Å².